The van der Waals surface area contributed by atoms with Crippen molar-refractivity contribution in [1.82, 2.24) is 9.97 Å². The van der Waals surface area contributed by atoms with Crippen molar-refractivity contribution in [3.05, 3.63) is 65.1 Å². The maximum absolute atomic E-state index is 12.9. The Hall–Kier alpha value is -2.97. The third-order valence-corrected chi connectivity index (χ3v) is 5.84. The van der Waals surface area contributed by atoms with Gasteiger partial charge in [-0.2, -0.15) is 0 Å². The molecule has 1 amide bonds. The Morgan fingerprint density at radius 1 is 1.28 bits per heavy atom. The van der Waals surface area contributed by atoms with E-state index < -0.39 is 0 Å². The number of hydrogen-bond donors (Lipinski definition) is 3. The molecule has 5 N–H and O–H groups in total. The SMILES string of the molecule is Nc1sc(Cc2ccccc2)nc1C(=O)Nc1cnccc1N1CCC[C@H](N)C1. The molecule has 1 fully saturated rings. The number of carbonyl (C=O) groups is 1. The number of thiazole rings is 1. The van der Waals surface area contributed by atoms with Crippen molar-refractivity contribution >= 4 is 33.6 Å². The number of hydrogen-bond acceptors (Lipinski definition) is 7. The Balaban J connectivity index is 1.52. The maximum atomic E-state index is 12.9. The van der Waals surface area contributed by atoms with Crippen LogP contribution in [0.2, 0.25) is 0 Å². The zero-order chi connectivity index (χ0) is 20.2. The molecule has 1 aliphatic rings. The van der Waals surface area contributed by atoms with Crippen LogP contribution < -0.4 is 21.7 Å². The average molecular weight is 409 g/mol. The normalized spacial score (nSPS) is 16.6. The first-order valence-corrected chi connectivity index (χ1v) is 10.5. The number of nitrogens with one attached hydrogen (secondary N) is 1. The van der Waals surface area contributed by atoms with Gasteiger partial charge in [0.05, 0.1) is 22.6 Å². The Morgan fingerprint density at radius 3 is 2.90 bits per heavy atom. The molecule has 1 aromatic carbocycles. The molecule has 3 heterocycles. The molecule has 0 aliphatic carbocycles. The van der Waals surface area contributed by atoms with Crippen molar-refractivity contribution in [3.8, 4) is 0 Å². The summed E-state index contributed by atoms with van der Waals surface area (Å²) in [6.07, 6.45) is 6.06. The average Bonchev–Trinajstić information content (AvgIpc) is 3.09. The maximum Gasteiger partial charge on any atom is 0.277 e. The van der Waals surface area contributed by atoms with Gasteiger partial charge in [-0.25, -0.2) is 4.98 Å². The molecule has 1 atom stereocenters. The van der Waals surface area contributed by atoms with Crippen molar-refractivity contribution in [2.75, 3.05) is 29.0 Å². The van der Waals surface area contributed by atoms with Crippen LogP contribution in [0, 0.1) is 0 Å². The summed E-state index contributed by atoms with van der Waals surface area (Å²) >= 11 is 1.34. The minimum absolute atomic E-state index is 0.134. The second kappa shape index (κ2) is 8.59. The highest BCUT2D eigenvalue weighted by atomic mass is 32.1. The van der Waals surface area contributed by atoms with Crippen LogP contribution in [0.3, 0.4) is 0 Å². The van der Waals surface area contributed by atoms with E-state index in [-0.39, 0.29) is 17.6 Å². The van der Waals surface area contributed by atoms with Crippen LogP contribution in [0.1, 0.15) is 33.9 Å². The first-order chi connectivity index (χ1) is 14.1. The van der Waals surface area contributed by atoms with Gasteiger partial charge in [0.15, 0.2) is 5.69 Å². The van der Waals surface area contributed by atoms with E-state index in [0.717, 1.165) is 42.2 Å². The van der Waals surface area contributed by atoms with Gasteiger partial charge in [-0.1, -0.05) is 30.3 Å². The molecule has 29 heavy (non-hydrogen) atoms. The van der Waals surface area contributed by atoms with E-state index in [1.165, 1.54) is 11.3 Å². The lowest BCUT2D eigenvalue weighted by atomic mass is 10.1. The standard InChI is InChI=1S/C21H24N6OS/c22-15-7-4-10-27(13-15)17-8-9-24-12-16(17)25-21(28)19-20(23)29-18(26-19)11-14-5-2-1-3-6-14/h1-3,5-6,8-9,12,15H,4,7,10-11,13,22-23H2,(H,25,28)/t15-/m0/s1. The molecule has 8 heteroatoms. The van der Waals surface area contributed by atoms with Gasteiger partial charge in [-0.15, -0.1) is 11.3 Å². The fourth-order valence-electron chi connectivity index (χ4n) is 3.56. The smallest absolute Gasteiger partial charge is 0.277 e. The van der Waals surface area contributed by atoms with E-state index in [4.69, 9.17) is 11.5 Å². The highest BCUT2D eigenvalue weighted by Crippen LogP contribution is 2.29. The third kappa shape index (κ3) is 4.55. The van der Waals surface area contributed by atoms with Gasteiger partial charge in [0.25, 0.3) is 5.91 Å². The van der Waals surface area contributed by atoms with E-state index in [1.54, 1.807) is 12.4 Å². The summed E-state index contributed by atoms with van der Waals surface area (Å²) in [5.74, 6) is -0.325. The number of nitrogens with two attached hydrogens (primary N) is 2. The van der Waals surface area contributed by atoms with E-state index in [9.17, 15) is 4.79 Å². The van der Waals surface area contributed by atoms with Crippen LogP contribution in [0.4, 0.5) is 16.4 Å². The number of amides is 1. The molecular weight excluding hydrogens is 384 g/mol. The van der Waals surface area contributed by atoms with E-state index >= 15 is 0 Å². The van der Waals surface area contributed by atoms with Gasteiger partial charge < -0.3 is 21.7 Å². The van der Waals surface area contributed by atoms with Crippen LogP contribution in [0.5, 0.6) is 0 Å². The molecule has 0 radical (unpaired) electrons. The molecule has 1 saturated heterocycles. The Labute approximate surface area is 173 Å². The first kappa shape index (κ1) is 19.4. The molecule has 3 aromatic rings. The quantitative estimate of drug-likeness (QED) is 0.599. The summed E-state index contributed by atoms with van der Waals surface area (Å²) in [7, 11) is 0. The Bertz CT molecular complexity index is 990. The van der Waals surface area contributed by atoms with Crippen LogP contribution in [0.25, 0.3) is 0 Å². The van der Waals surface area contributed by atoms with Crippen molar-refractivity contribution in [2.24, 2.45) is 5.73 Å². The third-order valence-electron chi connectivity index (χ3n) is 4.96. The minimum atomic E-state index is -0.325. The summed E-state index contributed by atoms with van der Waals surface area (Å²) in [5, 5.41) is 4.17. The van der Waals surface area contributed by atoms with Crippen LogP contribution >= 0.6 is 11.3 Å². The van der Waals surface area contributed by atoms with Gasteiger partial charge in [-0.05, 0) is 24.5 Å². The highest BCUT2D eigenvalue weighted by Gasteiger charge is 2.22. The van der Waals surface area contributed by atoms with E-state index in [0.29, 0.717) is 17.1 Å². The van der Waals surface area contributed by atoms with Gasteiger partial charge >= 0.3 is 0 Å². The predicted molar refractivity (Wildman–Crippen MR) is 117 cm³/mol. The number of benzene rings is 1. The number of carbonyl (C=O) groups excluding carboxylic acids is 1. The Kier molecular flexibility index (Phi) is 5.73. The molecule has 0 unspecified atom stereocenters. The monoisotopic (exact) mass is 408 g/mol. The van der Waals surface area contributed by atoms with Gasteiger partial charge in [0, 0.05) is 31.7 Å². The molecular formula is C21H24N6OS. The van der Waals surface area contributed by atoms with Crippen LogP contribution in [0.15, 0.2) is 48.8 Å². The molecule has 2 aromatic heterocycles. The highest BCUT2D eigenvalue weighted by molar-refractivity contribution is 7.16. The molecule has 7 nitrogen and oxygen atoms in total. The zero-order valence-electron chi connectivity index (χ0n) is 16.0. The molecule has 0 saturated carbocycles. The number of nitrogens with zero attached hydrogens (tertiary/aromatic N) is 3. The summed E-state index contributed by atoms with van der Waals surface area (Å²) in [6, 6.07) is 12.0. The van der Waals surface area contributed by atoms with Crippen molar-refractivity contribution < 1.29 is 4.79 Å². The van der Waals surface area contributed by atoms with Gasteiger partial charge in [-0.3, -0.25) is 9.78 Å². The number of aromatic nitrogens is 2. The lowest BCUT2D eigenvalue weighted by molar-refractivity contribution is 0.102. The van der Waals surface area contributed by atoms with E-state index in [2.05, 4.69) is 20.2 Å². The number of pyridine rings is 1. The second-order valence-corrected chi connectivity index (χ2v) is 8.29. The number of piperidine rings is 1. The lowest BCUT2D eigenvalue weighted by Crippen LogP contribution is -2.43. The molecule has 0 bridgehead atoms. The summed E-state index contributed by atoms with van der Waals surface area (Å²) in [4.78, 5) is 23.7. The Morgan fingerprint density at radius 2 is 2.10 bits per heavy atom. The predicted octanol–water partition coefficient (Wildman–Crippen LogP) is 2.89. The van der Waals surface area contributed by atoms with Gasteiger partial charge in [0.1, 0.15) is 5.00 Å². The number of nitrogen functional groups attached to an aromatic ring is 1. The molecule has 150 valence electrons. The van der Waals surface area contributed by atoms with Gasteiger partial charge in [0.2, 0.25) is 0 Å². The zero-order valence-corrected chi connectivity index (χ0v) is 16.9. The molecule has 4 rings (SSSR count). The number of anilines is 3. The lowest BCUT2D eigenvalue weighted by Gasteiger charge is -2.33. The largest absolute Gasteiger partial charge is 0.389 e. The van der Waals surface area contributed by atoms with E-state index in [1.807, 2.05) is 36.4 Å². The second-order valence-electron chi connectivity index (χ2n) is 7.18. The molecule has 1 aliphatic heterocycles. The van der Waals surface area contributed by atoms with Crippen LogP contribution in [-0.2, 0) is 6.42 Å². The topological polar surface area (TPSA) is 110 Å². The van der Waals surface area contributed by atoms with Crippen molar-refractivity contribution in [2.45, 2.75) is 25.3 Å². The summed E-state index contributed by atoms with van der Waals surface area (Å²) in [5.41, 5.74) is 15.2. The minimum Gasteiger partial charge on any atom is -0.389 e. The summed E-state index contributed by atoms with van der Waals surface area (Å²) in [6.45, 7) is 1.66. The van der Waals surface area contributed by atoms with Crippen molar-refractivity contribution in [1.29, 1.82) is 0 Å². The van der Waals surface area contributed by atoms with Crippen LogP contribution in [-0.4, -0.2) is 35.0 Å². The number of rotatable bonds is 5. The van der Waals surface area contributed by atoms with Crippen molar-refractivity contribution in [3.63, 3.8) is 0 Å². The summed E-state index contributed by atoms with van der Waals surface area (Å²) < 4.78 is 0. The fraction of sp³-hybridized carbons (Fsp3) is 0.286. The first-order valence-electron chi connectivity index (χ1n) is 9.65. The molecule has 0 spiro atoms. The fourth-order valence-corrected chi connectivity index (χ4v) is 4.42.